The molecule has 0 nitrogen and oxygen atoms in total. The number of halogens is 3. The van der Waals surface area contributed by atoms with Gasteiger partial charge in [0, 0.05) is 0 Å². The highest BCUT2D eigenvalue weighted by atomic mass is 19.4. The summed E-state index contributed by atoms with van der Waals surface area (Å²) in [6, 6.07) is 0. The molecule has 0 N–H and O–H groups in total. The van der Waals surface area contributed by atoms with Crippen molar-refractivity contribution in [1.29, 1.82) is 0 Å². The van der Waals surface area contributed by atoms with Crippen molar-refractivity contribution in [1.82, 2.24) is 0 Å². The monoisotopic (exact) mass is 95.0 g/mol. The van der Waals surface area contributed by atoms with Crippen LogP contribution in [0.2, 0.25) is 0 Å². The summed E-state index contributed by atoms with van der Waals surface area (Å²) in [5.74, 6) is 0. The quantitative estimate of drug-likeness (QED) is 0.400. The van der Waals surface area contributed by atoms with Crippen LogP contribution in [0.15, 0.2) is 6.58 Å². The standard InChI is InChI=1S/C3H2F3/c1-2-3(4,5)6/h1H2/q+1. The highest BCUT2D eigenvalue weighted by Gasteiger charge is 2.38. The van der Waals surface area contributed by atoms with Crippen molar-refractivity contribution in [3.05, 3.63) is 12.7 Å². The van der Waals surface area contributed by atoms with Crippen LogP contribution >= 0.6 is 0 Å². The smallest absolute Gasteiger partial charge is 0.118 e. The summed E-state index contributed by atoms with van der Waals surface area (Å²) in [5, 5.41) is 0. The van der Waals surface area contributed by atoms with Crippen LogP contribution in [0.5, 0.6) is 0 Å². The van der Waals surface area contributed by atoms with Crippen molar-refractivity contribution < 1.29 is 13.2 Å². The normalized spacial score (nSPS) is 10.5. The van der Waals surface area contributed by atoms with Crippen molar-refractivity contribution in [3.8, 4) is 0 Å². The summed E-state index contributed by atoms with van der Waals surface area (Å²) >= 11 is 0. The van der Waals surface area contributed by atoms with E-state index < -0.39 is 6.18 Å². The number of allylic oxidation sites excluding steroid dienone is 1. The van der Waals surface area contributed by atoms with Crippen LogP contribution in [0.25, 0.3) is 0 Å². The Morgan fingerprint density at radius 3 is 1.50 bits per heavy atom. The zero-order valence-electron chi connectivity index (χ0n) is 2.84. The van der Waals surface area contributed by atoms with Gasteiger partial charge in [-0.2, -0.15) is 0 Å². The zero-order chi connectivity index (χ0) is 5.21. The second kappa shape index (κ2) is 1.27. The molecule has 0 aromatic heterocycles. The number of hydrogen-bond acceptors (Lipinski definition) is 0. The van der Waals surface area contributed by atoms with E-state index in [9.17, 15) is 13.2 Å². The highest BCUT2D eigenvalue weighted by molar-refractivity contribution is 4.64. The van der Waals surface area contributed by atoms with Gasteiger partial charge in [-0.05, 0) is 0 Å². The lowest BCUT2D eigenvalue weighted by Gasteiger charge is -1.75. The van der Waals surface area contributed by atoms with Crippen molar-refractivity contribution in [2.75, 3.05) is 0 Å². The van der Waals surface area contributed by atoms with Gasteiger partial charge in [-0.15, -0.1) is 13.2 Å². The first-order valence-corrected chi connectivity index (χ1v) is 1.17. The van der Waals surface area contributed by atoms with Crippen LogP contribution in [0.4, 0.5) is 13.2 Å². The topological polar surface area (TPSA) is 0 Å². The number of rotatable bonds is 0. The molecule has 0 heterocycles. The molecule has 0 saturated heterocycles. The maximum Gasteiger partial charge on any atom is 0.632 e. The van der Waals surface area contributed by atoms with Crippen molar-refractivity contribution in [2.24, 2.45) is 0 Å². The SMILES string of the molecule is C=[C+]C(F)(F)F. The van der Waals surface area contributed by atoms with Crippen LogP contribution in [0, 0.1) is 6.08 Å². The Morgan fingerprint density at radius 2 is 1.50 bits per heavy atom. The van der Waals surface area contributed by atoms with Crippen molar-refractivity contribution in [3.63, 3.8) is 0 Å². The molecule has 0 aliphatic carbocycles. The summed E-state index contributed by atoms with van der Waals surface area (Å²) in [4.78, 5) is 0. The third-order valence-electron chi connectivity index (χ3n) is 0.200. The molecule has 0 rings (SSSR count). The molecule has 0 saturated carbocycles. The van der Waals surface area contributed by atoms with Gasteiger partial charge in [-0.25, -0.2) is 0 Å². The van der Waals surface area contributed by atoms with Gasteiger partial charge in [0.25, 0.3) is 0 Å². The largest absolute Gasteiger partial charge is 0.632 e. The Balaban J connectivity index is 3.45. The van der Waals surface area contributed by atoms with Gasteiger partial charge < -0.3 is 0 Å². The fourth-order valence-corrected chi connectivity index (χ4v) is 0. The second-order valence-electron chi connectivity index (χ2n) is 0.675. The minimum Gasteiger partial charge on any atom is -0.118 e. The summed E-state index contributed by atoms with van der Waals surface area (Å²) in [5.41, 5.74) is 0. The molecule has 0 amide bonds. The predicted octanol–water partition coefficient (Wildman–Crippen LogP) is 1.54. The molecule has 0 aliphatic rings. The fourth-order valence-electron chi connectivity index (χ4n) is 0. The van der Waals surface area contributed by atoms with Crippen LogP contribution in [-0.2, 0) is 0 Å². The zero-order valence-corrected chi connectivity index (χ0v) is 2.84. The summed E-state index contributed by atoms with van der Waals surface area (Å²) in [6.07, 6.45) is -3.47. The van der Waals surface area contributed by atoms with E-state index in [0.29, 0.717) is 0 Å². The molecule has 0 unspecified atom stereocenters. The first-order valence-electron chi connectivity index (χ1n) is 1.17. The molecule has 0 spiro atoms. The van der Waals surface area contributed by atoms with Gasteiger partial charge in [-0.3, -0.25) is 0 Å². The molecule has 0 bridgehead atoms. The molecule has 3 heteroatoms. The first kappa shape index (κ1) is 5.44. The Morgan fingerprint density at radius 1 is 1.33 bits per heavy atom. The van der Waals surface area contributed by atoms with Gasteiger partial charge in [0.1, 0.15) is 0 Å². The predicted molar refractivity (Wildman–Crippen MR) is 14.9 cm³/mol. The van der Waals surface area contributed by atoms with E-state index >= 15 is 0 Å². The molecule has 0 aliphatic heterocycles. The molecule has 0 fully saturated rings. The van der Waals surface area contributed by atoms with Gasteiger partial charge in [0.15, 0.2) is 6.58 Å². The van der Waals surface area contributed by atoms with Gasteiger partial charge in [-0.1, -0.05) is 0 Å². The van der Waals surface area contributed by atoms with Crippen molar-refractivity contribution >= 4 is 0 Å². The highest BCUT2D eigenvalue weighted by Crippen LogP contribution is 2.12. The molecule has 34 valence electrons. The Bertz CT molecular complexity index is 51.5. The van der Waals surface area contributed by atoms with E-state index in [0.717, 1.165) is 6.08 Å². The van der Waals surface area contributed by atoms with Crippen LogP contribution in [-0.4, -0.2) is 6.18 Å². The van der Waals surface area contributed by atoms with Crippen LogP contribution in [0.3, 0.4) is 0 Å². The average Bonchev–Trinajstić information content (AvgIpc) is 1.35. The van der Waals surface area contributed by atoms with Gasteiger partial charge >= 0.3 is 12.3 Å². The Kier molecular flexibility index (Phi) is 1.15. The van der Waals surface area contributed by atoms with E-state index in [1.807, 2.05) is 0 Å². The first-order chi connectivity index (χ1) is 2.56. The number of alkyl halides is 3. The minimum atomic E-state index is -4.32. The van der Waals surface area contributed by atoms with Gasteiger partial charge in [0.2, 0.25) is 0 Å². The van der Waals surface area contributed by atoms with Crippen LogP contribution < -0.4 is 0 Å². The molecular formula is C3H2F3+. The molecule has 0 radical (unpaired) electrons. The summed E-state index contributed by atoms with van der Waals surface area (Å²) < 4.78 is 31.8. The molecule has 0 aromatic carbocycles. The summed E-state index contributed by atoms with van der Waals surface area (Å²) in [6.45, 7) is 2.38. The molecule has 0 aromatic rings. The van der Waals surface area contributed by atoms with Gasteiger partial charge in [0.05, 0.1) is 0 Å². The van der Waals surface area contributed by atoms with E-state index in [2.05, 4.69) is 6.58 Å². The minimum absolute atomic E-state index is 0.854. The molecular weight excluding hydrogens is 93.0 g/mol. The Hall–Kier alpha value is -0.560. The van der Waals surface area contributed by atoms with Crippen molar-refractivity contribution in [2.45, 2.75) is 6.18 Å². The third-order valence-corrected chi connectivity index (χ3v) is 0.200. The molecule has 6 heavy (non-hydrogen) atoms. The number of hydrogen-bond donors (Lipinski definition) is 0. The van der Waals surface area contributed by atoms with E-state index in [1.165, 1.54) is 0 Å². The lowest BCUT2D eigenvalue weighted by atomic mass is 10.6. The van der Waals surface area contributed by atoms with E-state index in [1.54, 1.807) is 0 Å². The van der Waals surface area contributed by atoms with E-state index in [4.69, 9.17) is 0 Å². The fraction of sp³-hybridized carbons (Fsp3) is 0.333. The Labute approximate surface area is 33.3 Å². The third kappa shape index (κ3) is 3.44. The molecule has 0 atom stereocenters. The second-order valence-corrected chi connectivity index (χ2v) is 0.675. The maximum atomic E-state index is 10.6. The summed E-state index contributed by atoms with van der Waals surface area (Å²) in [7, 11) is 0. The lowest BCUT2D eigenvalue weighted by Crippen LogP contribution is -1.99. The average molecular weight is 95.0 g/mol. The van der Waals surface area contributed by atoms with E-state index in [-0.39, 0.29) is 0 Å². The van der Waals surface area contributed by atoms with Crippen LogP contribution in [0.1, 0.15) is 0 Å². The lowest BCUT2D eigenvalue weighted by molar-refractivity contribution is -0.0871. The maximum absolute atomic E-state index is 10.6.